The normalized spacial score (nSPS) is 10.9. The van der Waals surface area contributed by atoms with Gasteiger partial charge in [-0.2, -0.15) is 5.10 Å². The van der Waals surface area contributed by atoms with Crippen LogP contribution in [0.2, 0.25) is 0 Å². The number of carbonyl (C=O) groups excluding carboxylic acids is 1. The summed E-state index contributed by atoms with van der Waals surface area (Å²) in [5, 5.41) is 4.62. The van der Waals surface area contributed by atoms with E-state index in [1.807, 2.05) is 32.0 Å². The monoisotopic (exact) mass is 312 g/mol. The van der Waals surface area contributed by atoms with Crippen LogP contribution in [0.4, 0.5) is 0 Å². The summed E-state index contributed by atoms with van der Waals surface area (Å²) in [4.78, 5) is 28.0. The molecule has 2 heterocycles. The van der Waals surface area contributed by atoms with Gasteiger partial charge < -0.3 is 4.74 Å². The fourth-order valence-electron chi connectivity index (χ4n) is 2.31. The zero-order valence-electron chi connectivity index (χ0n) is 13.1. The van der Waals surface area contributed by atoms with Gasteiger partial charge in [-0.25, -0.2) is 9.67 Å². The van der Waals surface area contributed by atoms with E-state index in [1.165, 1.54) is 29.8 Å². The number of hydrogen-bond acceptors (Lipinski definition) is 5. The van der Waals surface area contributed by atoms with E-state index in [9.17, 15) is 9.59 Å². The third kappa shape index (κ3) is 2.61. The summed E-state index contributed by atoms with van der Waals surface area (Å²) in [6.45, 7) is 3.87. The molecule has 1 aromatic carbocycles. The first-order valence-electron chi connectivity index (χ1n) is 7.09. The third-order valence-electron chi connectivity index (χ3n) is 3.82. The quantitative estimate of drug-likeness (QED) is 0.683. The van der Waals surface area contributed by atoms with Gasteiger partial charge >= 0.3 is 5.97 Å². The minimum absolute atomic E-state index is 0.174. The molecule has 0 amide bonds. The van der Waals surface area contributed by atoms with Crippen LogP contribution >= 0.6 is 0 Å². The van der Waals surface area contributed by atoms with Gasteiger partial charge in [0.05, 0.1) is 19.0 Å². The van der Waals surface area contributed by atoms with E-state index in [1.54, 1.807) is 4.68 Å². The van der Waals surface area contributed by atoms with E-state index in [0.29, 0.717) is 11.0 Å². The molecule has 3 aromatic rings. The maximum atomic E-state index is 12.4. The number of methoxy groups -OCH3 is 1. The summed E-state index contributed by atoms with van der Waals surface area (Å²) in [5.74, 6) is -0.505. The van der Waals surface area contributed by atoms with Crippen molar-refractivity contribution in [2.75, 3.05) is 7.11 Å². The lowest BCUT2D eigenvalue weighted by Gasteiger charge is -2.07. The first kappa shape index (κ1) is 15.0. The smallest absolute Gasteiger partial charge is 0.325 e. The van der Waals surface area contributed by atoms with Crippen molar-refractivity contribution in [2.45, 2.75) is 20.4 Å². The summed E-state index contributed by atoms with van der Waals surface area (Å²) in [6, 6.07) is 5.91. The van der Waals surface area contributed by atoms with E-state index < -0.39 is 5.97 Å². The molecule has 0 saturated heterocycles. The molecule has 3 rings (SSSR count). The van der Waals surface area contributed by atoms with Crippen molar-refractivity contribution in [2.24, 2.45) is 0 Å². The SMILES string of the molecule is COC(=O)Cn1cnc2c(cnn2-c2ccc(C)c(C)c2)c1=O. The molecule has 0 spiro atoms. The Morgan fingerprint density at radius 3 is 2.74 bits per heavy atom. The van der Waals surface area contributed by atoms with Gasteiger partial charge in [-0.3, -0.25) is 14.2 Å². The first-order chi connectivity index (χ1) is 11.0. The van der Waals surface area contributed by atoms with Gasteiger partial charge in [-0.05, 0) is 37.1 Å². The van der Waals surface area contributed by atoms with Crippen molar-refractivity contribution in [3.05, 3.63) is 52.2 Å². The Kier molecular flexibility index (Phi) is 3.69. The summed E-state index contributed by atoms with van der Waals surface area (Å²) >= 11 is 0. The number of aryl methyl sites for hydroxylation is 2. The van der Waals surface area contributed by atoms with Gasteiger partial charge in [0.2, 0.25) is 0 Å². The number of aromatic nitrogens is 4. The highest BCUT2D eigenvalue weighted by Gasteiger charge is 2.13. The minimum Gasteiger partial charge on any atom is -0.468 e. The first-order valence-corrected chi connectivity index (χ1v) is 7.09. The molecule has 7 nitrogen and oxygen atoms in total. The Labute approximate surface area is 132 Å². The Balaban J connectivity index is 2.11. The van der Waals surface area contributed by atoms with Gasteiger partial charge in [-0.1, -0.05) is 6.07 Å². The predicted molar refractivity (Wildman–Crippen MR) is 84.6 cm³/mol. The summed E-state index contributed by atoms with van der Waals surface area (Å²) in [5.41, 5.74) is 3.28. The largest absolute Gasteiger partial charge is 0.468 e. The lowest BCUT2D eigenvalue weighted by atomic mass is 10.1. The summed E-state index contributed by atoms with van der Waals surface area (Å²) < 4.78 is 7.40. The molecule has 0 aliphatic carbocycles. The molecular weight excluding hydrogens is 296 g/mol. The standard InChI is InChI=1S/C16H16N4O3/c1-10-4-5-12(6-11(10)2)20-15-13(7-18-20)16(22)19(9-17-15)8-14(21)23-3/h4-7,9H,8H2,1-3H3. The second-order valence-electron chi connectivity index (χ2n) is 5.32. The number of ether oxygens (including phenoxy) is 1. The molecule has 0 fully saturated rings. The van der Waals surface area contributed by atoms with Crippen LogP contribution in [-0.2, 0) is 16.1 Å². The lowest BCUT2D eigenvalue weighted by Crippen LogP contribution is -2.25. The number of rotatable bonds is 3. The number of benzene rings is 1. The maximum absolute atomic E-state index is 12.4. The zero-order valence-corrected chi connectivity index (χ0v) is 13.1. The fourth-order valence-corrected chi connectivity index (χ4v) is 2.31. The molecule has 0 radical (unpaired) electrons. The van der Waals surface area contributed by atoms with Crippen molar-refractivity contribution in [3.8, 4) is 5.69 Å². The third-order valence-corrected chi connectivity index (χ3v) is 3.82. The van der Waals surface area contributed by atoms with Crippen molar-refractivity contribution in [1.29, 1.82) is 0 Å². The van der Waals surface area contributed by atoms with Crippen molar-refractivity contribution < 1.29 is 9.53 Å². The topological polar surface area (TPSA) is 79.0 Å². The second-order valence-corrected chi connectivity index (χ2v) is 5.32. The van der Waals surface area contributed by atoms with Crippen LogP contribution in [0.5, 0.6) is 0 Å². The molecule has 0 aliphatic heterocycles. The van der Waals surface area contributed by atoms with E-state index in [0.717, 1.165) is 11.3 Å². The molecule has 118 valence electrons. The molecule has 7 heteroatoms. The number of fused-ring (bicyclic) bond motifs is 1. The predicted octanol–water partition coefficient (Wildman–Crippen LogP) is 1.37. The number of nitrogens with zero attached hydrogens (tertiary/aromatic N) is 4. The van der Waals surface area contributed by atoms with Gasteiger partial charge in [0.25, 0.3) is 5.56 Å². The van der Waals surface area contributed by atoms with Crippen LogP contribution in [0.15, 0.2) is 35.5 Å². The molecule has 23 heavy (non-hydrogen) atoms. The molecular formula is C16H16N4O3. The average Bonchev–Trinajstić information content (AvgIpc) is 2.97. The molecule has 0 unspecified atom stereocenters. The molecule has 0 saturated carbocycles. The Morgan fingerprint density at radius 1 is 1.26 bits per heavy atom. The number of hydrogen-bond donors (Lipinski definition) is 0. The lowest BCUT2D eigenvalue weighted by molar-refractivity contribution is -0.141. The van der Waals surface area contributed by atoms with Crippen molar-refractivity contribution in [3.63, 3.8) is 0 Å². The van der Waals surface area contributed by atoms with Crippen molar-refractivity contribution in [1.82, 2.24) is 19.3 Å². The number of carbonyl (C=O) groups is 1. The van der Waals surface area contributed by atoms with Crippen LogP contribution in [0.25, 0.3) is 16.7 Å². The zero-order chi connectivity index (χ0) is 16.6. The Hall–Kier alpha value is -2.96. The van der Waals surface area contributed by atoms with Crippen LogP contribution < -0.4 is 5.56 Å². The second kappa shape index (κ2) is 5.68. The van der Waals surface area contributed by atoms with Gasteiger partial charge in [0, 0.05) is 0 Å². The highest BCUT2D eigenvalue weighted by atomic mass is 16.5. The minimum atomic E-state index is -0.505. The maximum Gasteiger partial charge on any atom is 0.325 e. The van der Waals surface area contributed by atoms with Crippen LogP contribution in [0.1, 0.15) is 11.1 Å². The van der Waals surface area contributed by atoms with Crippen LogP contribution in [0.3, 0.4) is 0 Å². The molecule has 0 bridgehead atoms. The van der Waals surface area contributed by atoms with Crippen LogP contribution in [-0.4, -0.2) is 32.4 Å². The summed E-state index contributed by atoms with van der Waals surface area (Å²) in [7, 11) is 1.27. The molecule has 2 aromatic heterocycles. The number of esters is 1. The van der Waals surface area contributed by atoms with E-state index in [-0.39, 0.29) is 12.1 Å². The van der Waals surface area contributed by atoms with Gasteiger partial charge in [0.15, 0.2) is 5.65 Å². The van der Waals surface area contributed by atoms with Crippen LogP contribution in [0, 0.1) is 13.8 Å². The molecule has 0 aliphatic rings. The van der Waals surface area contributed by atoms with Gasteiger partial charge in [0.1, 0.15) is 18.3 Å². The molecule has 0 atom stereocenters. The van der Waals surface area contributed by atoms with Crippen molar-refractivity contribution >= 4 is 17.0 Å². The average molecular weight is 312 g/mol. The van der Waals surface area contributed by atoms with Gasteiger partial charge in [-0.15, -0.1) is 0 Å². The van der Waals surface area contributed by atoms with E-state index in [4.69, 9.17) is 0 Å². The summed E-state index contributed by atoms with van der Waals surface area (Å²) in [6.07, 6.45) is 2.80. The fraction of sp³-hybridized carbons (Fsp3) is 0.250. The van der Waals surface area contributed by atoms with E-state index in [2.05, 4.69) is 14.8 Å². The Morgan fingerprint density at radius 2 is 2.04 bits per heavy atom. The molecule has 0 N–H and O–H groups in total. The highest BCUT2D eigenvalue weighted by molar-refractivity contribution is 5.76. The van der Waals surface area contributed by atoms with E-state index >= 15 is 0 Å². The highest BCUT2D eigenvalue weighted by Crippen LogP contribution is 2.17. The Bertz CT molecular complexity index is 956.